The molecule has 2 N–H and O–H groups in total. The Kier molecular flexibility index (Phi) is 4.15. The molecule has 1 amide bonds. The van der Waals surface area contributed by atoms with Crippen molar-refractivity contribution in [2.45, 2.75) is 0 Å². The fraction of sp³-hybridized carbons (Fsp3) is 0.0833. The van der Waals surface area contributed by atoms with Crippen molar-refractivity contribution >= 4 is 35.0 Å². The number of hydrogen-bond donors (Lipinski definition) is 2. The molecule has 0 aliphatic carbocycles. The fourth-order valence-corrected chi connectivity index (χ4v) is 1.50. The Hall–Kier alpha value is -2.34. The molecule has 0 aliphatic rings. The van der Waals surface area contributed by atoms with Crippen LogP contribution in [0.2, 0.25) is 5.02 Å². The third-order valence-corrected chi connectivity index (χ3v) is 2.55. The summed E-state index contributed by atoms with van der Waals surface area (Å²) in [7, 11) is 1.27. The molecule has 0 bridgehead atoms. The average Bonchev–Trinajstić information content (AvgIpc) is 2.43. The SMILES string of the molecule is COC(=O)Nc1ccc(Nc2ccccc2Cl)nn1. The molecule has 0 aliphatic heterocycles. The molecule has 2 rings (SSSR count). The van der Waals surface area contributed by atoms with Gasteiger partial charge in [0, 0.05) is 0 Å². The molecule has 1 heterocycles. The first kappa shape index (κ1) is 13.1. The maximum Gasteiger partial charge on any atom is 0.412 e. The van der Waals surface area contributed by atoms with Crippen LogP contribution in [0.5, 0.6) is 0 Å². The van der Waals surface area contributed by atoms with E-state index in [-0.39, 0.29) is 0 Å². The van der Waals surface area contributed by atoms with E-state index in [0.717, 1.165) is 5.69 Å². The number of aromatic nitrogens is 2. The average molecular weight is 279 g/mol. The van der Waals surface area contributed by atoms with E-state index in [1.165, 1.54) is 7.11 Å². The van der Waals surface area contributed by atoms with Gasteiger partial charge in [-0.25, -0.2) is 4.79 Å². The smallest absolute Gasteiger partial charge is 0.412 e. The van der Waals surface area contributed by atoms with E-state index < -0.39 is 6.09 Å². The number of amides is 1. The zero-order chi connectivity index (χ0) is 13.7. The van der Waals surface area contributed by atoms with Gasteiger partial charge in [0.05, 0.1) is 17.8 Å². The number of rotatable bonds is 3. The zero-order valence-corrected chi connectivity index (χ0v) is 10.8. The molecule has 6 nitrogen and oxygen atoms in total. The van der Waals surface area contributed by atoms with Gasteiger partial charge in [-0.3, -0.25) is 5.32 Å². The molecular weight excluding hydrogens is 268 g/mol. The number of methoxy groups -OCH3 is 1. The summed E-state index contributed by atoms with van der Waals surface area (Å²) in [4.78, 5) is 11.0. The minimum absolute atomic E-state index is 0.302. The lowest BCUT2D eigenvalue weighted by atomic mass is 10.3. The molecule has 19 heavy (non-hydrogen) atoms. The molecule has 0 spiro atoms. The third kappa shape index (κ3) is 3.56. The van der Waals surface area contributed by atoms with Crippen LogP contribution >= 0.6 is 11.6 Å². The summed E-state index contributed by atoms with van der Waals surface area (Å²) >= 11 is 6.01. The maximum atomic E-state index is 11.0. The topological polar surface area (TPSA) is 76.1 Å². The predicted molar refractivity (Wildman–Crippen MR) is 72.8 cm³/mol. The number of ether oxygens (including phenoxy) is 1. The van der Waals surface area contributed by atoms with Crippen molar-refractivity contribution in [2.24, 2.45) is 0 Å². The van der Waals surface area contributed by atoms with Crippen LogP contribution in [0.4, 0.5) is 22.1 Å². The lowest BCUT2D eigenvalue weighted by Gasteiger charge is -2.07. The van der Waals surface area contributed by atoms with Gasteiger partial charge in [0.2, 0.25) is 0 Å². The molecule has 0 unspecified atom stereocenters. The van der Waals surface area contributed by atoms with Gasteiger partial charge in [0.15, 0.2) is 11.6 Å². The Morgan fingerprint density at radius 3 is 2.47 bits per heavy atom. The van der Waals surface area contributed by atoms with Crippen LogP contribution in [0.1, 0.15) is 0 Å². The zero-order valence-electron chi connectivity index (χ0n) is 10.1. The summed E-state index contributed by atoms with van der Waals surface area (Å²) in [6.45, 7) is 0. The van der Waals surface area contributed by atoms with Gasteiger partial charge >= 0.3 is 6.09 Å². The van der Waals surface area contributed by atoms with E-state index in [1.807, 2.05) is 18.2 Å². The highest BCUT2D eigenvalue weighted by Crippen LogP contribution is 2.23. The van der Waals surface area contributed by atoms with E-state index in [4.69, 9.17) is 11.6 Å². The van der Waals surface area contributed by atoms with Crippen LogP contribution < -0.4 is 10.6 Å². The molecule has 1 aromatic carbocycles. The van der Waals surface area contributed by atoms with Crippen molar-refractivity contribution in [3.8, 4) is 0 Å². The van der Waals surface area contributed by atoms with Crippen molar-refractivity contribution in [1.29, 1.82) is 0 Å². The number of carbonyl (C=O) groups excluding carboxylic acids is 1. The Morgan fingerprint density at radius 1 is 1.16 bits per heavy atom. The van der Waals surface area contributed by atoms with E-state index in [9.17, 15) is 4.79 Å². The van der Waals surface area contributed by atoms with Gasteiger partial charge in [0.1, 0.15) is 0 Å². The molecular formula is C12H11ClN4O2. The summed E-state index contributed by atoms with van der Waals surface area (Å²) in [5, 5.41) is 13.7. The Balaban J connectivity index is 2.07. The first-order valence-electron chi connectivity index (χ1n) is 5.39. The second-order valence-electron chi connectivity index (χ2n) is 3.53. The lowest BCUT2D eigenvalue weighted by Crippen LogP contribution is -2.12. The standard InChI is InChI=1S/C12H11ClN4O2/c1-19-12(18)15-11-7-6-10(16-17-11)14-9-5-3-2-4-8(9)13/h2-7H,1H3,(H,14,16)(H,15,17,18). The molecule has 0 saturated carbocycles. The Morgan fingerprint density at radius 2 is 1.84 bits per heavy atom. The number of anilines is 3. The molecule has 0 atom stereocenters. The number of carbonyl (C=O) groups is 1. The van der Waals surface area contributed by atoms with Crippen LogP contribution in [-0.2, 0) is 4.74 Å². The molecule has 0 saturated heterocycles. The highest BCUT2D eigenvalue weighted by Gasteiger charge is 2.04. The minimum Gasteiger partial charge on any atom is -0.453 e. The first-order chi connectivity index (χ1) is 9.19. The molecule has 7 heteroatoms. The van der Waals surface area contributed by atoms with Crippen LogP contribution in [-0.4, -0.2) is 23.4 Å². The largest absolute Gasteiger partial charge is 0.453 e. The Labute approximate surface area is 114 Å². The molecule has 98 valence electrons. The predicted octanol–water partition coefficient (Wildman–Crippen LogP) is 3.05. The summed E-state index contributed by atoms with van der Waals surface area (Å²) in [6.07, 6.45) is -0.596. The fourth-order valence-electron chi connectivity index (χ4n) is 1.32. The molecule has 0 radical (unpaired) electrons. The van der Waals surface area contributed by atoms with Crippen LogP contribution in [0, 0.1) is 0 Å². The van der Waals surface area contributed by atoms with Crippen LogP contribution in [0.3, 0.4) is 0 Å². The summed E-state index contributed by atoms with van der Waals surface area (Å²) in [5.74, 6) is 0.820. The van der Waals surface area contributed by atoms with Crippen molar-refractivity contribution < 1.29 is 9.53 Å². The summed E-state index contributed by atoms with van der Waals surface area (Å²) in [5.41, 5.74) is 0.729. The van der Waals surface area contributed by atoms with Crippen molar-refractivity contribution in [3.05, 3.63) is 41.4 Å². The third-order valence-electron chi connectivity index (χ3n) is 2.22. The second kappa shape index (κ2) is 6.01. The molecule has 2 aromatic rings. The Bertz CT molecular complexity index is 574. The van der Waals surface area contributed by atoms with E-state index >= 15 is 0 Å². The van der Waals surface area contributed by atoms with Gasteiger partial charge in [-0.2, -0.15) is 0 Å². The maximum absolute atomic E-state index is 11.0. The number of nitrogens with zero attached hydrogens (tertiary/aromatic N) is 2. The monoisotopic (exact) mass is 278 g/mol. The van der Waals surface area contributed by atoms with Crippen molar-refractivity contribution in [2.75, 3.05) is 17.7 Å². The minimum atomic E-state index is -0.596. The number of halogens is 1. The summed E-state index contributed by atoms with van der Waals surface area (Å²) in [6, 6.07) is 10.6. The van der Waals surface area contributed by atoms with E-state index in [0.29, 0.717) is 16.7 Å². The van der Waals surface area contributed by atoms with Crippen molar-refractivity contribution in [1.82, 2.24) is 10.2 Å². The summed E-state index contributed by atoms with van der Waals surface area (Å²) < 4.78 is 4.44. The normalized spacial score (nSPS) is 9.79. The second-order valence-corrected chi connectivity index (χ2v) is 3.93. The van der Waals surface area contributed by atoms with Crippen LogP contribution in [0.25, 0.3) is 0 Å². The van der Waals surface area contributed by atoms with Gasteiger partial charge in [0.25, 0.3) is 0 Å². The highest BCUT2D eigenvalue weighted by molar-refractivity contribution is 6.33. The highest BCUT2D eigenvalue weighted by atomic mass is 35.5. The van der Waals surface area contributed by atoms with Gasteiger partial charge in [-0.05, 0) is 24.3 Å². The van der Waals surface area contributed by atoms with Crippen LogP contribution in [0.15, 0.2) is 36.4 Å². The number of para-hydroxylation sites is 1. The lowest BCUT2D eigenvalue weighted by molar-refractivity contribution is 0.187. The quantitative estimate of drug-likeness (QED) is 0.902. The first-order valence-corrected chi connectivity index (χ1v) is 5.77. The van der Waals surface area contributed by atoms with E-state index in [2.05, 4.69) is 25.6 Å². The van der Waals surface area contributed by atoms with Gasteiger partial charge in [-0.1, -0.05) is 23.7 Å². The van der Waals surface area contributed by atoms with Crippen molar-refractivity contribution in [3.63, 3.8) is 0 Å². The number of benzene rings is 1. The molecule has 1 aromatic heterocycles. The molecule has 0 fully saturated rings. The number of nitrogens with one attached hydrogen (secondary N) is 2. The number of hydrogen-bond acceptors (Lipinski definition) is 5. The van der Waals surface area contributed by atoms with Gasteiger partial charge < -0.3 is 10.1 Å². The van der Waals surface area contributed by atoms with E-state index in [1.54, 1.807) is 18.2 Å². The van der Waals surface area contributed by atoms with Gasteiger partial charge in [-0.15, -0.1) is 10.2 Å².